The molecule has 1 aliphatic heterocycles. The van der Waals surface area contributed by atoms with Crippen molar-refractivity contribution < 1.29 is 14.6 Å². The lowest BCUT2D eigenvalue weighted by atomic mass is 10.1. The number of methoxy groups -OCH3 is 1. The van der Waals surface area contributed by atoms with Crippen molar-refractivity contribution in [2.24, 2.45) is 11.7 Å². The second kappa shape index (κ2) is 6.05. The van der Waals surface area contributed by atoms with E-state index in [2.05, 4.69) is 4.90 Å². The average molecular weight is 216 g/mol. The molecular weight excluding hydrogens is 196 g/mol. The molecule has 1 aliphatic rings. The number of aliphatic carboxylic acids is 1. The maximum atomic E-state index is 10.5. The molecule has 5 heteroatoms. The molecule has 0 aromatic rings. The monoisotopic (exact) mass is 216 g/mol. The van der Waals surface area contributed by atoms with Crippen LogP contribution in [0.4, 0.5) is 0 Å². The highest BCUT2D eigenvalue weighted by Crippen LogP contribution is 2.16. The molecule has 3 N–H and O–H groups in total. The molecule has 2 atom stereocenters. The molecule has 88 valence electrons. The van der Waals surface area contributed by atoms with Crippen LogP contribution in [-0.4, -0.2) is 55.4 Å². The lowest BCUT2D eigenvalue weighted by Crippen LogP contribution is -2.35. The van der Waals surface area contributed by atoms with E-state index in [1.165, 1.54) is 0 Å². The van der Waals surface area contributed by atoms with Gasteiger partial charge in [0.05, 0.1) is 6.61 Å². The Labute approximate surface area is 90.2 Å². The van der Waals surface area contributed by atoms with E-state index < -0.39 is 12.0 Å². The van der Waals surface area contributed by atoms with Crippen molar-refractivity contribution in [2.45, 2.75) is 18.9 Å². The highest BCUT2D eigenvalue weighted by molar-refractivity contribution is 5.72. The molecule has 0 aliphatic carbocycles. The van der Waals surface area contributed by atoms with E-state index in [-0.39, 0.29) is 0 Å². The number of rotatable bonds is 6. The summed E-state index contributed by atoms with van der Waals surface area (Å²) in [6.07, 6.45) is 1.66. The van der Waals surface area contributed by atoms with Crippen LogP contribution in [0, 0.1) is 5.92 Å². The number of nitrogens with zero attached hydrogens (tertiary/aromatic N) is 1. The Balaban J connectivity index is 2.16. The summed E-state index contributed by atoms with van der Waals surface area (Å²) >= 11 is 0. The summed E-state index contributed by atoms with van der Waals surface area (Å²) in [7, 11) is 1.71. The molecule has 1 rings (SSSR count). The van der Waals surface area contributed by atoms with E-state index in [1.54, 1.807) is 7.11 Å². The van der Waals surface area contributed by atoms with Crippen LogP contribution in [0.2, 0.25) is 0 Å². The number of carboxylic acid groups (broad SMARTS) is 1. The fourth-order valence-corrected chi connectivity index (χ4v) is 1.93. The third-order valence-electron chi connectivity index (χ3n) is 2.85. The van der Waals surface area contributed by atoms with Crippen molar-refractivity contribution >= 4 is 5.97 Å². The molecule has 5 nitrogen and oxygen atoms in total. The van der Waals surface area contributed by atoms with E-state index in [0.29, 0.717) is 12.3 Å². The van der Waals surface area contributed by atoms with Gasteiger partial charge in [0.15, 0.2) is 0 Å². The van der Waals surface area contributed by atoms with Crippen molar-refractivity contribution in [2.75, 3.05) is 33.4 Å². The number of ether oxygens (including phenoxy) is 1. The number of likely N-dealkylation sites (tertiary alicyclic amines) is 1. The molecule has 0 radical (unpaired) electrons. The number of hydrogen-bond acceptors (Lipinski definition) is 4. The lowest BCUT2D eigenvalue weighted by molar-refractivity contribution is -0.138. The first-order valence-electron chi connectivity index (χ1n) is 5.33. The van der Waals surface area contributed by atoms with Crippen molar-refractivity contribution in [3.8, 4) is 0 Å². The number of carbonyl (C=O) groups is 1. The van der Waals surface area contributed by atoms with Gasteiger partial charge >= 0.3 is 5.97 Å². The first kappa shape index (κ1) is 12.4. The smallest absolute Gasteiger partial charge is 0.320 e. The molecule has 15 heavy (non-hydrogen) atoms. The Bertz CT molecular complexity index is 211. The molecule has 0 amide bonds. The fraction of sp³-hybridized carbons (Fsp3) is 0.900. The number of nitrogens with two attached hydrogens (primary N) is 1. The van der Waals surface area contributed by atoms with Crippen molar-refractivity contribution in [1.29, 1.82) is 0 Å². The van der Waals surface area contributed by atoms with Crippen molar-refractivity contribution in [3.63, 3.8) is 0 Å². The minimum absolute atomic E-state index is 0.523. The first-order valence-corrected chi connectivity index (χ1v) is 5.33. The summed E-state index contributed by atoms with van der Waals surface area (Å²) < 4.78 is 5.09. The second-order valence-electron chi connectivity index (χ2n) is 4.14. The first-order chi connectivity index (χ1) is 7.13. The van der Waals surface area contributed by atoms with Crippen LogP contribution in [-0.2, 0) is 9.53 Å². The Kier molecular flexibility index (Phi) is 5.01. The van der Waals surface area contributed by atoms with Gasteiger partial charge in [-0.05, 0) is 25.3 Å². The minimum atomic E-state index is -0.914. The Morgan fingerprint density at radius 2 is 2.47 bits per heavy atom. The lowest BCUT2D eigenvalue weighted by Gasteiger charge is -2.16. The third kappa shape index (κ3) is 4.15. The standard InChI is InChI=1S/C10H20N2O3/c1-15-7-8-2-4-12(6-8)5-3-9(11)10(13)14/h8-9H,2-7,11H2,1H3,(H,13,14). The summed E-state index contributed by atoms with van der Waals surface area (Å²) in [5, 5.41) is 8.63. The van der Waals surface area contributed by atoms with E-state index in [1.807, 2.05) is 0 Å². The highest BCUT2D eigenvalue weighted by atomic mass is 16.5. The van der Waals surface area contributed by atoms with Gasteiger partial charge in [0.1, 0.15) is 6.04 Å². The molecule has 1 saturated heterocycles. The van der Waals surface area contributed by atoms with E-state index >= 15 is 0 Å². The van der Waals surface area contributed by atoms with Crippen LogP contribution in [0.3, 0.4) is 0 Å². The SMILES string of the molecule is COCC1CCN(CCC(N)C(=O)O)C1. The Morgan fingerprint density at radius 1 is 1.73 bits per heavy atom. The van der Waals surface area contributed by atoms with E-state index in [4.69, 9.17) is 15.6 Å². The van der Waals surface area contributed by atoms with Gasteiger partial charge in [0.25, 0.3) is 0 Å². The van der Waals surface area contributed by atoms with Crippen LogP contribution in [0.15, 0.2) is 0 Å². The molecule has 1 heterocycles. The zero-order valence-electron chi connectivity index (χ0n) is 9.19. The van der Waals surface area contributed by atoms with Crippen LogP contribution >= 0.6 is 0 Å². The van der Waals surface area contributed by atoms with Crippen molar-refractivity contribution in [3.05, 3.63) is 0 Å². The fourth-order valence-electron chi connectivity index (χ4n) is 1.93. The van der Waals surface area contributed by atoms with Gasteiger partial charge in [-0.25, -0.2) is 0 Å². The van der Waals surface area contributed by atoms with Crippen LogP contribution in [0.1, 0.15) is 12.8 Å². The minimum Gasteiger partial charge on any atom is -0.480 e. The summed E-state index contributed by atoms with van der Waals surface area (Å²) in [6, 6.07) is -0.730. The number of carboxylic acids is 1. The molecule has 0 aromatic heterocycles. The highest BCUT2D eigenvalue weighted by Gasteiger charge is 2.23. The van der Waals surface area contributed by atoms with Gasteiger partial charge in [-0.3, -0.25) is 4.79 Å². The average Bonchev–Trinajstić information content (AvgIpc) is 2.62. The zero-order chi connectivity index (χ0) is 11.3. The van der Waals surface area contributed by atoms with Crippen molar-refractivity contribution in [1.82, 2.24) is 4.90 Å². The Morgan fingerprint density at radius 3 is 3.07 bits per heavy atom. The van der Waals surface area contributed by atoms with Crippen LogP contribution in [0.25, 0.3) is 0 Å². The quantitative estimate of drug-likeness (QED) is 0.640. The van der Waals surface area contributed by atoms with Gasteiger partial charge in [0, 0.05) is 20.2 Å². The molecule has 0 spiro atoms. The molecule has 0 bridgehead atoms. The maximum absolute atomic E-state index is 10.5. The topological polar surface area (TPSA) is 75.8 Å². The normalized spacial score (nSPS) is 24.3. The molecule has 0 saturated carbocycles. The van der Waals surface area contributed by atoms with Gasteiger partial charge in [-0.2, -0.15) is 0 Å². The molecule has 2 unspecified atom stereocenters. The maximum Gasteiger partial charge on any atom is 0.320 e. The van der Waals surface area contributed by atoms with Gasteiger partial charge in [-0.1, -0.05) is 0 Å². The summed E-state index contributed by atoms with van der Waals surface area (Å²) in [5.74, 6) is -0.321. The number of hydrogen-bond donors (Lipinski definition) is 2. The Hall–Kier alpha value is -0.650. The second-order valence-corrected chi connectivity index (χ2v) is 4.14. The molecule has 1 fully saturated rings. The zero-order valence-corrected chi connectivity index (χ0v) is 9.19. The van der Waals surface area contributed by atoms with Crippen LogP contribution in [0.5, 0.6) is 0 Å². The van der Waals surface area contributed by atoms with E-state index in [0.717, 1.165) is 32.7 Å². The summed E-state index contributed by atoms with van der Waals surface area (Å²) in [4.78, 5) is 12.8. The summed E-state index contributed by atoms with van der Waals surface area (Å²) in [6.45, 7) is 3.59. The molecule has 0 aromatic carbocycles. The van der Waals surface area contributed by atoms with Gasteiger partial charge in [0.2, 0.25) is 0 Å². The summed E-state index contributed by atoms with van der Waals surface area (Å²) in [5.41, 5.74) is 5.44. The van der Waals surface area contributed by atoms with Gasteiger partial charge < -0.3 is 20.5 Å². The van der Waals surface area contributed by atoms with E-state index in [9.17, 15) is 4.79 Å². The predicted molar refractivity (Wildman–Crippen MR) is 56.7 cm³/mol. The van der Waals surface area contributed by atoms with Gasteiger partial charge in [-0.15, -0.1) is 0 Å². The van der Waals surface area contributed by atoms with Crippen LogP contribution < -0.4 is 5.73 Å². The predicted octanol–water partition coefficient (Wildman–Crippen LogP) is -0.243. The largest absolute Gasteiger partial charge is 0.480 e. The molecular formula is C10H20N2O3. The third-order valence-corrected chi connectivity index (χ3v) is 2.85.